The van der Waals surface area contributed by atoms with Crippen molar-refractivity contribution < 1.29 is 14.3 Å². The van der Waals surface area contributed by atoms with E-state index in [0.29, 0.717) is 24.0 Å². The summed E-state index contributed by atoms with van der Waals surface area (Å²) in [5, 5.41) is 2.89. The molecule has 1 N–H and O–H groups in total. The van der Waals surface area contributed by atoms with Crippen LogP contribution in [0, 0.1) is 0 Å². The van der Waals surface area contributed by atoms with Crippen LogP contribution in [0.3, 0.4) is 0 Å². The average molecular weight is 378 g/mol. The summed E-state index contributed by atoms with van der Waals surface area (Å²) in [6.07, 6.45) is 7.54. The monoisotopic (exact) mass is 378 g/mol. The molecule has 3 fully saturated rings. The van der Waals surface area contributed by atoms with Crippen molar-refractivity contribution in [1.29, 1.82) is 0 Å². The number of aromatic nitrogens is 1. The van der Waals surface area contributed by atoms with Gasteiger partial charge in [-0.1, -0.05) is 6.42 Å². The van der Waals surface area contributed by atoms with Gasteiger partial charge < -0.3 is 19.9 Å². The van der Waals surface area contributed by atoms with Gasteiger partial charge in [0, 0.05) is 38.3 Å². The van der Waals surface area contributed by atoms with Crippen LogP contribution in [-0.2, 0) is 9.53 Å². The van der Waals surface area contributed by atoms with E-state index >= 15 is 0 Å². The largest absolute Gasteiger partial charge is 0.365 e. The lowest BCUT2D eigenvalue weighted by Crippen LogP contribution is -2.57. The van der Waals surface area contributed by atoms with Crippen molar-refractivity contribution in [3.63, 3.8) is 0 Å². The molecule has 1 aromatic heterocycles. The Hall–Kier alpha value is -1.51. The van der Waals surface area contributed by atoms with Crippen molar-refractivity contribution in [1.82, 2.24) is 20.1 Å². The number of likely N-dealkylation sites (tertiary alicyclic amines) is 1. The third-order valence-electron chi connectivity index (χ3n) is 5.84. The molecule has 8 heteroatoms. The van der Waals surface area contributed by atoms with Crippen molar-refractivity contribution in [2.45, 2.75) is 50.3 Å². The quantitative estimate of drug-likeness (QED) is 0.831. The first-order chi connectivity index (χ1) is 12.7. The van der Waals surface area contributed by atoms with Crippen LogP contribution < -0.4 is 5.32 Å². The first-order valence-corrected chi connectivity index (χ1v) is 10.4. The third kappa shape index (κ3) is 3.92. The molecule has 0 radical (unpaired) electrons. The lowest BCUT2D eigenvalue weighted by molar-refractivity contribution is -0.153. The molecule has 0 spiro atoms. The lowest BCUT2D eigenvalue weighted by atomic mass is 9.89. The Balaban J connectivity index is 1.26. The Morgan fingerprint density at radius 2 is 2.08 bits per heavy atom. The summed E-state index contributed by atoms with van der Waals surface area (Å²) >= 11 is 1.32. The third-order valence-corrected chi connectivity index (χ3v) is 6.61. The van der Waals surface area contributed by atoms with Gasteiger partial charge in [0.2, 0.25) is 5.91 Å². The van der Waals surface area contributed by atoms with E-state index in [2.05, 4.69) is 15.2 Å². The molecule has 2 amide bonds. The van der Waals surface area contributed by atoms with E-state index in [1.54, 1.807) is 11.7 Å². The minimum absolute atomic E-state index is 0.0807. The van der Waals surface area contributed by atoms with Crippen molar-refractivity contribution in [3.8, 4) is 0 Å². The fourth-order valence-electron chi connectivity index (χ4n) is 4.06. The van der Waals surface area contributed by atoms with Crippen molar-refractivity contribution in [2.24, 2.45) is 0 Å². The Bertz CT molecular complexity index is 626. The molecule has 0 bridgehead atoms. The number of hydrogen-bond acceptors (Lipinski definition) is 6. The SMILES string of the molecule is O=C(NCC1CN(C2CCN(C3CCC3)CC2)C(=O)CO1)c1cncs1. The number of rotatable bonds is 5. The Labute approximate surface area is 157 Å². The number of nitrogens with one attached hydrogen (secondary N) is 1. The van der Waals surface area contributed by atoms with Crippen LogP contribution in [0.15, 0.2) is 11.7 Å². The molecule has 1 atom stereocenters. The number of carbonyl (C=O) groups is 2. The second-order valence-electron chi connectivity index (χ2n) is 7.41. The van der Waals surface area contributed by atoms with Gasteiger partial charge in [-0.15, -0.1) is 11.3 Å². The highest BCUT2D eigenvalue weighted by atomic mass is 32.1. The standard InChI is InChI=1S/C18H26N4O3S/c23-17-11-25-15(8-20-18(24)16-9-19-12-26-16)10-22(17)14-4-6-21(7-5-14)13-2-1-3-13/h9,12-15H,1-8,10-11H2,(H,20,24). The molecule has 142 valence electrons. The first kappa shape index (κ1) is 17.9. The Kier molecular flexibility index (Phi) is 5.52. The molecule has 26 heavy (non-hydrogen) atoms. The smallest absolute Gasteiger partial charge is 0.263 e. The molecular formula is C18H26N4O3S. The topological polar surface area (TPSA) is 74.8 Å². The molecule has 1 saturated carbocycles. The van der Waals surface area contributed by atoms with Gasteiger partial charge in [0.05, 0.1) is 17.8 Å². The number of carbonyl (C=O) groups excluding carboxylic acids is 2. The van der Waals surface area contributed by atoms with Crippen LogP contribution >= 0.6 is 11.3 Å². The summed E-state index contributed by atoms with van der Waals surface area (Å²) in [5.74, 6) is -0.0505. The second kappa shape index (κ2) is 8.02. The molecule has 1 aromatic rings. The summed E-state index contributed by atoms with van der Waals surface area (Å²) in [7, 11) is 0. The maximum absolute atomic E-state index is 12.3. The van der Waals surface area contributed by atoms with Crippen LogP contribution in [0.1, 0.15) is 41.8 Å². The van der Waals surface area contributed by atoms with Gasteiger partial charge in [-0.05, 0) is 25.7 Å². The highest BCUT2D eigenvalue weighted by Gasteiger charge is 2.35. The van der Waals surface area contributed by atoms with Crippen molar-refractivity contribution >= 4 is 23.2 Å². The van der Waals surface area contributed by atoms with Crippen LogP contribution in [0.2, 0.25) is 0 Å². The highest BCUT2D eigenvalue weighted by Crippen LogP contribution is 2.29. The molecule has 1 aliphatic carbocycles. The van der Waals surface area contributed by atoms with E-state index in [0.717, 1.165) is 32.0 Å². The number of nitrogens with zero attached hydrogens (tertiary/aromatic N) is 3. The summed E-state index contributed by atoms with van der Waals surface area (Å²) in [5.41, 5.74) is 1.64. The summed E-state index contributed by atoms with van der Waals surface area (Å²) in [6, 6.07) is 1.09. The molecule has 4 rings (SSSR count). The molecule has 3 heterocycles. The van der Waals surface area contributed by atoms with Crippen molar-refractivity contribution in [3.05, 3.63) is 16.6 Å². The van der Waals surface area contributed by atoms with Gasteiger partial charge >= 0.3 is 0 Å². The molecule has 3 aliphatic rings. The minimum atomic E-state index is -0.144. The van der Waals surface area contributed by atoms with Gasteiger partial charge in [0.25, 0.3) is 5.91 Å². The summed E-state index contributed by atoms with van der Waals surface area (Å²) in [4.78, 5) is 33.5. The van der Waals surface area contributed by atoms with E-state index in [1.165, 1.54) is 30.6 Å². The fraction of sp³-hybridized carbons (Fsp3) is 0.722. The summed E-state index contributed by atoms with van der Waals surface area (Å²) < 4.78 is 5.64. The number of morpholine rings is 1. The maximum atomic E-state index is 12.3. The number of thiazole rings is 1. The van der Waals surface area contributed by atoms with Gasteiger partial charge in [0.1, 0.15) is 11.5 Å². The van der Waals surface area contributed by atoms with Crippen LogP contribution in [0.25, 0.3) is 0 Å². The lowest BCUT2D eigenvalue weighted by Gasteiger charge is -2.45. The van der Waals surface area contributed by atoms with Crippen molar-refractivity contribution in [2.75, 3.05) is 32.8 Å². The molecular weight excluding hydrogens is 352 g/mol. The zero-order valence-corrected chi connectivity index (χ0v) is 15.7. The Morgan fingerprint density at radius 1 is 1.27 bits per heavy atom. The van der Waals surface area contributed by atoms with E-state index in [-0.39, 0.29) is 24.5 Å². The zero-order valence-electron chi connectivity index (χ0n) is 14.9. The normalized spacial score (nSPS) is 25.9. The van der Waals surface area contributed by atoms with E-state index in [1.807, 2.05) is 4.90 Å². The fourth-order valence-corrected chi connectivity index (χ4v) is 4.59. The minimum Gasteiger partial charge on any atom is -0.365 e. The number of piperidine rings is 1. The maximum Gasteiger partial charge on any atom is 0.263 e. The molecule has 1 unspecified atom stereocenters. The van der Waals surface area contributed by atoms with E-state index < -0.39 is 0 Å². The first-order valence-electron chi connectivity index (χ1n) is 9.52. The average Bonchev–Trinajstić information content (AvgIpc) is 3.15. The second-order valence-corrected chi connectivity index (χ2v) is 8.29. The number of amides is 2. The predicted octanol–water partition coefficient (Wildman–Crippen LogP) is 1.12. The zero-order chi connectivity index (χ0) is 17.9. The van der Waals surface area contributed by atoms with Crippen LogP contribution in [0.5, 0.6) is 0 Å². The highest BCUT2D eigenvalue weighted by molar-refractivity contribution is 7.11. The van der Waals surface area contributed by atoms with Crippen LogP contribution in [-0.4, -0.2) is 77.6 Å². The van der Waals surface area contributed by atoms with E-state index in [9.17, 15) is 9.59 Å². The van der Waals surface area contributed by atoms with Gasteiger partial charge in [0.15, 0.2) is 0 Å². The van der Waals surface area contributed by atoms with Gasteiger partial charge in [-0.2, -0.15) is 0 Å². The Morgan fingerprint density at radius 3 is 2.73 bits per heavy atom. The van der Waals surface area contributed by atoms with E-state index in [4.69, 9.17) is 4.74 Å². The molecule has 0 aromatic carbocycles. The summed E-state index contributed by atoms with van der Waals surface area (Å²) in [6.45, 7) is 3.28. The van der Waals surface area contributed by atoms with Gasteiger partial charge in [-0.3, -0.25) is 14.6 Å². The predicted molar refractivity (Wildman–Crippen MR) is 98.1 cm³/mol. The molecule has 2 saturated heterocycles. The molecule has 2 aliphatic heterocycles. The van der Waals surface area contributed by atoms with Gasteiger partial charge in [-0.25, -0.2) is 0 Å². The number of ether oxygens (including phenoxy) is 1. The number of hydrogen-bond donors (Lipinski definition) is 1. The molecule has 7 nitrogen and oxygen atoms in total. The van der Waals surface area contributed by atoms with Crippen LogP contribution in [0.4, 0.5) is 0 Å².